The number of carbonyl (C=O) groups is 1. The molecule has 0 aliphatic heterocycles. The second-order valence-corrected chi connectivity index (χ2v) is 7.27. The molecule has 1 aromatic rings. The van der Waals surface area contributed by atoms with E-state index in [1.54, 1.807) is 0 Å². The summed E-state index contributed by atoms with van der Waals surface area (Å²) in [6.45, 7) is 1.94. The van der Waals surface area contributed by atoms with Crippen molar-refractivity contribution in [2.24, 2.45) is 5.92 Å². The molecule has 1 aliphatic carbocycles. The monoisotopic (exact) mass is 416 g/mol. The molecule has 1 saturated carbocycles. The van der Waals surface area contributed by atoms with Crippen molar-refractivity contribution < 1.29 is 14.6 Å². The molecule has 0 amide bonds. The first kappa shape index (κ1) is 17.7. The summed E-state index contributed by atoms with van der Waals surface area (Å²) in [5.41, 5.74) is 0.834. The SMILES string of the molecule is CC[C@H](OC(=O)CC1CCCCC1)[C@@H](O)c1ccccc1I. The van der Waals surface area contributed by atoms with Gasteiger partial charge >= 0.3 is 5.97 Å². The smallest absolute Gasteiger partial charge is 0.306 e. The Hall–Kier alpha value is -0.620. The van der Waals surface area contributed by atoms with Crippen LogP contribution in [0.15, 0.2) is 24.3 Å². The zero-order chi connectivity index (χ0) is 15.9. The highest BCUT2D eigenvalue weighted by Gasteiger charge is 2.26. The Balaban J connectivity index is 1.93. The third-order valence-corrected chi connectivity index (χ3v) is 5.42. The van der Waals surface area contributed by atoms with Crippen LogP contribution < -0.4 is 0 Å². The number of benzene rings is 1. The van der Waals surface area contributed by atoms with Crippen LogP contribution in [0.3, 0.4) is 0 Å². The number of rotatable bonds is 6. The maximum atomic E-state index is 12.2. The van der Waals surface area contributed by atoms with Gasteiger partial charge in [0.05, 0.1) is 0 Å². The van der Waals surface area contributed by atoms with E-state index in [1.807, 2.05) is 31.2 Å². The van der Waals surface area contributed by atoms with Gasteiger partial charge in [-0.25, -0.2) is 0 Å². The molecular formula is C18H25IO3. The van der Waals surface area contributed by atoms with E-state index in [0.29, 0.717) is 18.8 Å². The summed E-state index contributed by atoms with van der Waals surface area (Å²) in [4.78, 5) is 12.2. The van der Waals surface area contributed by atoms with Crippen LogP contribution in [0.5, 0.6) is 0 Å². The lowest BCUT2D eigenvalue weighted by Gasteiger charge is -2.25. The summed E-state index contributed by atoms with van der Waals surface area (Å²) in [7, 11) is 0. The molecule has 0 heterocycles. The van der Waals surface area contributed by atoms with E-state index in [1.165, 1.54) is 19.3 Å². The molecule has 0 saturated heterocycles. The second kappa shape index (κ2) is 8.87. The van der Waals surface area contributed by atoms with Gasteiger partial charge in [0.1, 0.15) is 12.2 Å². The fourth-order valence-electron chi connectivity index (χ4n) is 3.13. The molecule has 2 rings (SSSR count). The second-order valence-electron chi connectivity index (χ2n) is 6.11. The fourth-order valence-corrected chi connectivity index (χ4v) is 3.84. The average Bonchev–Trinajstić information content (AvgIpc) is 2.53. The van der Waals surface area contributed by atoms with E-state index in [-0.39, 0.29) is 5.97 Å². The number of carbonyl (C=O) groups excluding carboxylic acids is 1. The highest BCUT2D eigenvalue weighted by Crippen LogP contribution is 2.29. The molecule has 22 heavy (non-hydrogen) atoms. The van der Waals surface area contributed by atoms with Crippen LogP contribution >= 0.6 is 22.6 Å². The summed E-state index contributed by atoms with van der Waals surface area (Å²) >= 11 is 2.20. The van der Waals surface area contributed by atoms with Crippen LogP contribution in [0.2, 0.25) is 0 Å². The third kappa shape index (κ3) is 4.95. The maximum absolute atomic E-state index is 12.2. The summed E-state index contributed by atoms with van der Waals surface area (Å²) < 4.78 is 6.58. The standard InChI is InChI=1S/C18H25IO3/c1-2-16(18(21)14-10-6-7-11-15(14)19)22-17(20)12-13-8-4-3-5-9-13/h6-7,10-11,13,16,18,21H,2-5,8-9,12H2,1H3/t16-,18-/m0/s1. The molecule has 1 N–H and O–H groups in total. The molecule has 3 nitrogen and oxygen atoms in total. The first-order valence-corrected chi connectivity index (χ1v) is 9.31. The van der Waals surface area contributed by atoms with Gasteiger partial charge in [0.15, 0.2) is 0 Å². The fraction of sp³-hybridized carbons (Fsp3) is 0.611. The van der Waals surface area contributed by atoms with Gasteiger partial charge in [-0.1, -0.05) is 44.4 Å². The largest absolute Gasteiger partial charge is 0.459 e. The third-order valence-electron chi connectivity index (χ3n) is 4.44. The van der Waals surface area contributed by atoms with Crippen molar-refractivity contribution in [3.05, 3.63) is 33.4 Å². The van der Waals surface area contributed by atoms with Crippen molar-refractivity contribution in [2.75, 3.05) is 0 Å². The van der Waals surface area contributed by atoms with Crippen LogP contribution in [0.1, 0.15) is 63.5 Å². The first-order valence-electron chi connectivity index (χ1n) is 8.23. The Morgan fingerprint density at radius 2 is 2.00 bits per heavy atom. The van der Waals surface area contributed by atoms with Crippen LogP contribution in [0.4, 0.5) is 0 Å². The molecule has 1 fully saturated rings. The van der Waals surface area contributed by atoms with Gasteiger partial charge in [-0.3, -0.25) is 4.79 Å². The van der Waals surface area contributed by atoms with Crippen LogP contribution in [-0.4, -0.2) is 17.2 Å². The van der Waals surface area contributed by atoms with Gasteiger partial charge in [-0.05, 0) is 59.4 Å². The minimum atomic E-state index is -0.756. The highest BCUT2D eigenvalue weighted by molar-refractivity contribution is 14.1. The van der Waals surface area contributed by atoms with Crippen molar-refractivity contribution in [3.8, 4) is 0 Å². The summed E-state index contributed by atoms with van der Waals surface area (Å²) in [6.07, 6.45) is 5.88. The Kier molecular flexibility index (Phi) is 7.15. The number of esters is 1. The van der Waals surface area contributed by atoms with Crippen molar-refractivity contribution >= 4 is 28.6 Å². The quantitative estimate of drug-likeness (QED) is 0.544. The minimum Gasteiger partial charge on any atom is -0.459 e. The molecule has 1 aliphatic rings. The molecule has 0 bridgehead atoms. The topological polar surface area (TPSA) is 46.5 Å². The Labute approximate surface area is 146 Å². The van der Waals surface area contributed by atoms with E-state index >= 15 is 0 Å². The molecule has 0 radical (unpaired) electrons. The Morgan fingerprint density at radius 3 is 2.64 bits per heavy atom. The first-order chi connectivity index (χ1) is 10.6. The lowest BCUT2D eigenvalue weighted by atomic mass is 9.87. The summed E-state index contributed by atoms with van der Waals surface area (Å²) in [5.74, 6) is 0.302. The van der Waals surface area contributed by atoms with Gasteiger partial charge in [0.25, 0.3) is 0 Å². The van der Waals surface area contributed by atoms with E-state index in [4.69, 9.17) is 4.74 Å². The molecule has 4 heteroatoms. The molecule has 1 aromatic carbocycles. The number of halogens is 1. The number of aliphatic hydroxyl groups is 1. The van der Waals surface area contributed by atoms with E-state index in [9.17, 15) is 9.90 Å². The van der Waals surface area contributed by atoms with Gasteiger partial charge in [0, 0.05) is 9.99 Å². The van der Waals surface area contributed by atoms with Crippen LogP contribution in [0.25, 0.3) is 0 Å². The molecular weight excluding hydrogens is 391 g/mol. The number of hydrogen-bond donors (Lipinski definition) is 1. The van der Waals surface area contributed by atoms with E-state index in [2.05, 4.69) is 22.6 Å². The Morgan fingerprint density at radius 1 is 1.32 bits per heavy atom. The molecule has 2 atom stereocenters. The van der Waals surface area contributed by atoms with E-state index < -0.39 is 12.2 Å². The van der Waals surface area contributed by atoms with Crippen LogP contribution in [0, 0.1) is 9.49 Å². The van der Waals surface area contributed by atoms with Crippen LogP contribution in [-0.2, 0) is 9.53 Å². The van der Waals surface area contributed by atoms with Gasteiger partial charge in [-0.15, -0.1) is 0 Å². The van der Waals surface area contributed by atoms with Crippen molar-refractivity contribution in [1.82, 2.24) is 0 Å². The normalized spacial score (nSPS) is 18.7. The Bertz CT molecular complexity index is 483. The summed E-state index contributed by atoms with van der Waals surface area (Å²) in [5, 5.41) is 10.5. The predicted molar refractivity (Wildman–Crippen MR) is 95.5 cm³/mol. The van der Waals surface area contributed by atoms with Crippen molar-refractivity contribution in [3.63, 3.8) is 0 Å². The zero-order valence-electron chi connectivity index (χ0n) is 13.1. The minimum absolute atomic E-state index is 0.163. The number of aliphatic hydroxyl groups excluding tert-OH is 1. The van der Waals surface area contributed by atoms with Crippen molar-refractivity contribution in [1.29, 1.82) is 0 Å². The summed E-state index contributed by atoms with van der Waals surface area (Å²) in [6, 6.07) is 7.69. The maximum Gasteiger partial charge on any atom is 0.306 e. The van der Waals surface area contributed by atoms with Gasteiger partial charge in [-0.2, -0.15) is 0 Å². The van der Waals surface area contributed by atoms with Crippen molar-refractivity contribution in [2.45, 2.75) is 64.1 Å². The average molecular weight is 416 g/mol. The lowest BCUT2D eigenvalue weighted by Crippen LogP contribution is -2.26. The van der Waals surface area contributed by atoms with Gasteiger partial charge in [0.2, 0.25) is 0 Å². The predicted octanol–water partition coefficient (Wildman–Crippen LogP) is 4.62. The number of hydrogen-bond acceptors (Lipinski definition) is 3. The lowest BCUT2D eigenvalue weighted by molar-refractivity contribution is -0.157. The molecule has 0 aromatic heterocycles. The van der Waals surface area contributed by atoms with E-state index in [0.717, 1.165) is 22.0 Å². The molecule has 122 valence electrons. The molecule has 0 unspecified atom stereocenters. The molecule has 0 spiro atoms. The highest BCUT2D eigenvalue weighted by atomic mass is 127. The zero-order valence-corrected chi connectivity index (χ0v) is 15.3. The number of ether oxygens (including phenoxy) is 1. The van der Waals surface area contributed by atoms with Gasteiger partial charge < -0.3 is 9.84 Å².